The zero-order valence-corrected chi connectivity index (χ0v) is 11.7. The molecule has 0 atom stereocenters. The first kappa shape index (κ1) is 12.6. The highest BCUT2D eigenvalue weighted by atomic mass is 32.1. The summed E-state index contributed by atoms with van der Waals surface area (Å²) in [4.78, 5) is 4.56. The van der Waals surface area contributed by atoms with Crippen molar-refractivity contribution in [3.8, 4) is 0 Å². The van der Waals surface area contributed by atoms with Crippen LogP contribution in [0.5, 0.6) is 0 Å². The summed E-state index contributed by atoms with van der Waals surface area (Å²) in [5.41, 5.74) is 15.3. The molecule has 4 N–H and O–H groups in total. The molecule has 2 aromatic rings. The molecule has 0 spiro atoms. The van der Waals surface area contributed by atoms with Gasteiger partial charge in [-0.2, -0.15) is 0 Å². The fraction of sp³-hybridized carbons (Fsp3) is 0.400. The number of nitrogens with two attached hydrogens (primary N) is 2. The van der Waals surface area contributed by atoms with Crippen LogP contribution in [-0.2, 0) is 12.0 Å². The Morgan fingerprint density at radius 2 is 2.05 bits per heavy atom. The molecule has 1 heterocycles. The van der Waals surface area contributed by atoms with E-state index in [2.05, 4.69) is 34.6 Å². The van der Waals surface area contributed by atoms with Crippen molar-refractivity contribution in [1.29, 1.82) is 0 Å². The molecule has 1 aromatic carbocycles. The van der Waals surface area contributed by atoms with E-state index in [0.29, 0.717) is 11.7 Å². The van der Waals surface area contributed by atoms with Gasteiger partial charge in [0.1, 0.15) is 0 Å². The number of aromatic nitrogens is 1. The standard InChI is InChI=1S/C15H19N3S/c16-9-11-4-3-5-12(8-11)15(6-1-2-7-15)13-10-19-14(17)18-13/h3-5,8,10H,1-2,6-7,9,16H2,(H2,17,18). The number of benzene rings is 1. The van der Waals surface area contributed by atoms with E-state index >= 15 is 0 Å². The van der Waals surface area contributed by atoms with Crippen molar-refractivity contribution in [2.75, 3.05) is 5.73 Å². The average molecular weight is 273 g/mol. The lowest BCUT2D eigenvalue weighted by atomic mass is 9.76. The third-order valence-electron chi connectivity index (χ3n) is 4.18. The molecule has 0 aliphatic heterocycles. The van der Waals surface area contributed by atoms with Gasteiger partial charge < -0.3 is 11.5 Å². The zero-order valence-electron chi connectivity index (χ0n) is 10.9. The number of nitrogens with zero attached hydrogens (tertiary/aromatic N) is 1. The van der Waals surface area contributed by atoms with Crippen molar-refractivity contribution in [3.05, 3.63) is 46.5 Å². The van der Waals surface area contributed by atoms with Gasteiger partial charge in [0.15, 0.2) is 5.13 Å². The Morgan fingerprint density at radius 1 is 1.26 bits per heavy atom. The number of hydrogen-bond donors (Lipinski definition) is 2. The minimum absolute atomic E-state index is 0.0549. The number of hydrogen-bond acceptors (Lipinski definition) is 4. The normalized spacial score (nSPS) is 17.7. The van der Waals surface area contributed by atoms with E-state index in [1.54, 1.807) is 0 Å². The van der Waals surface area contributed by atoms with Crippen LogP contribution in [0.2, 0.25) is 0 Å². The molecule has 100 valence electrons. The maximum Gasteiger partial charge on any atom is 0.180 e. The summed E-state index contributed by atoms with van der Waals surface area (Å²) >= 11 is 1.54. The van der Waals surface area contributed by atoms with Crippen molar-refractivity contribution in [2.24, 2.45) is 5.73 Å². The molecule has 3 nitrogen and oxygen atoms in total. The lowest BCUT2D eigenvalue weighted by Crippen LogP contribution is -2.24. The number of anilines is 1. The van der Waals surface area contributed by atoms with Gasteiger partial charge in [-0.25, -0.2) is 4.98 Å². The van der Waals surface area contributed by atoms with Crippen molar-refractivity contribution in [2.45, 2.75) is 37.6 Å². The summed E-state index contributed by atoms with van der Waals surface area (Å²) in [7, 11) is 0. The third kappa shape index (κ3) is 2.15. The minimum Gasteiger partial charge on any atom is -0.375 e. The summed E-state index contributed by atoms with van der Waals surface area (Å²) < 4.78 is 0. The Kier molecular flexibility index (Phi) is 3.29. The summed E-state index contributed by atoms with van der Waals surface area (Å²) in [6.07, 6.45) is 4.82. The smallest absolute Gasteiger partial charge is 0.180 e. The average Bonchev–Trinajstić information content (AvgIpc) is 3.08. The fourth-order valence-corrected chi connectivity index (χ4v) is 3.84. The van der Waals surface area contributed by atoms with E-state index in [9.17, 15) is 0 Å². The predicted octanol–water partition coefficient (Wildman–Crippen LogP) is 3.04. The van der Waals surface area contributed by atoms with Gasteiger partial charge in [-0.3, -0.25) is 0 Å². The highest BCUT2D eigenvalue weighted by Crippen LogP contribution is 2.46. The van der Waals surface area contributed by atoms with Crippen molar-refractivity contribution in [3.63, 3.8) is 0 Å². The molecule has 1 aliphatic carbocycles. The van der Waals surface area contributed by atoms with Crippen molar-refractivity contribution in [1.82, 2.24) is 4.98 Å². The lowest BCUT2D eigenvalue weighted by molar-refractivity contribution is 0.521. The van der Waals surface area contributed by atoms with Gasteiger partial charge in [0.25, 0.3) is 0 Å². The number of nitrogen functional groups attached to an aromatic ring is 1. The molecular formula is C15H19N3S. The fourth-order valence-electron chi connectivity index (χ4n) is 3.17. The Bertz CT molecular complexity index is 570. The molecule has 1 fully saturated rings. The van der Waals surface area contributed by atoms with Crippen LogP contribution in [0.3, 0.4) is 0 Å². The lowest BCUT2D eigenvalue weighted by Gasteiger charge is -2.28. The van der Waals surface area contributed by atoms with Crippen LogP contribution < -0.4 is 11.5 Å². The second-order valence-electron chi connectivity index (χ2n) is 5.26. The number of rotatable bonds is 3. The summed E-state index contributed by atoms with van der Waals surface area (Å²) in [5, 5.41) is 2.78. The van der Waals surface area contributed by atoms with E-state index in [-0.39, 0.29) is 5.41 Å². The topological polar surface area (TPSA) is 64.9 Å². The minimum atomic E-state index is 0.0549. The van der Waals surface area contributed by atoms with Crippen LogP contribution in [-0.4, -0.2) is 4.98 Å². The van der Waals surface area contributed by atoms with Gasteiger partial charge >= 0.3 is 0 Å². The Balaban J connectivity index is 2.09. The van der Waals surface area contributed by atoms with Crippen molar-refractivity contribution < 1.29 is 0 Å². The second-order valence-corrected chi connectivity index (χ2v) is 6.15. The molecule has 0 amide bonds. The van der Waals surface area contributed by atoms with Gasteiger partial charge in [-0.1, -0.05) is 37.1 Å². The first-order valence-corrected chi connectivity index (χ1v) is 7.63. The maximum atomic E-state index is 5.83. The van der Waals surface area contributed by atoms with Gasteiger partial charge in [0.2, 0.25) is 0 Å². The van der Waals surface area contributed by atoms with Gasteiger partial charge in [0.05, 0.1) is 5.69 Å². The number of thiazole rings is 1. The molecule has 4 heteroatoms. The Labute approximate surface area is 117 Å². The van der Waals surface area contributed by atoms with E-state index in [0.717, 1.165) is 18.5 Å². The van der Waals surface area contributed by atoms with Crippen LogP contribution in [0.15, 0.2) is 29.6 Å². The van der Waals surface area contributed by atoms with E-state index in [4.69, 9.17) is 11.5 Å². The summed E-state index contributed by atoms with van der Waals surface area (Å²) in [6, 6.07) is 8.63. The summed E-state index contributed by atoms with van der Waals surface area (Å²) in [5.74, 6) is 0. The third-order valence-corrected chi connectivity index (χ3v) is 4.86. The Hall–Kier alpha value is -1.39. The quantitative estimate of drug-likeness (QED) is 0.903. The van der Waals surface area contributed by atoms with Crippen LogP contribution >= 0.6 is 11.3 Å². The maximum absolute atomic E-state index is 5.83. The molecule has 0 unspecified atom stereocenters. The van der Waals surface area contributed by atoms with E-state index in [1.807, 2.05) is 0 Å². The largest absolute Gasteiger partial charge is 0.375 e. The monoisotopic (exact) mass is 273 g/mol. The second kappa shape index (κ2) is 4.94. The Morgan fingerprint density at radius 3 is 2.68 bits per heavy atom. The molecule has 3 rings (SSSR count). The molecular weight excluding hydrogens is 254 g/mol. The van der Waals surface area contributed by atoms with Crippen LogP contribution in [0, 0.1) is 0 Å². The van der Waals surface area contributed by atoms with Gasteiger partial charge in [-0.05, 0) is 24.0 Å². The van der Waals surface area contributed by atoms with Gasteiger partial charge in [-0.15, -0.1) is 11.3 Å². The van der Waals surface area contributed by atoms with E-state index in [1.165, 1.54) is 35.3 Å². The predicted molar refractivity (Wildman–Crippen MR) is 80.1 cm³/mol. The van der Waals surface area contributed by atoms with Crippen LogP contribution in [0.1, 0.15) is 42.5 Å². The highest BCUT2D eigenvalue weighted by Gasteiger charge is 2.39. The molecule has 0 radical (unpaired) electrons. The SMILES string of the molecule is NCc1cccc(C2(c3csc(N)n3)CCCC2)c1. The van der Waals surface area contributed by atoms with Gasteiger partial charge in [0, 0.05) is 17.3 Å². The van der Waals surface area contributed by atoms with Crippen molar-refractivity contribution >= 4 is 16.5 Å². The molecule has 19 heavy (non-hydrogen) atoms. The first-order valence-electron chi connectivity index (χ1n) is 6.75. The molecule has 0 saturated heterocycles. The van der Waals surface area contributed by atoms with Crippen LogP contribution in [0.4, 0.5) is 5.13 Å². The van der Waals surface area contributed by atoms with E-state index < -0.39 is 0 Å². The molecule has 1 aromatic heterocycles. The highest BCUT2D eigenvalue weighted by molar-refractivity contribution is 7.13. The first-order chi connectivity index (χ1) is 9.24. The molecule has 0 bridgehead atoms. The molecule has 1 saturated carbocycles. The molecule has 1 aliphatic rings. The zero-order chi connectivity index (χ0) is 13.3. The van der Waals surface area contributed by atoms with Crippen LogP contribution in [0.25, 0.3) is 0 Å². The summed E-state index contributed by atoms with van der Waals surface area (Å²) in [6.45, 7) is 0.586.